The van der Waals surface area contributed by atoms with Gasteiger partial charge in [-0.3, -0.25) is 13.4 Å². The van der Waals surface area contributed by atoms with Gasteiger partial charge in [-0.1, -0.05) is 12.1 Å². The molecule has 2 aromatic carbocycles. The molecule has 0 atom stereocenters. The van der Waals surface area contributed by atoms with Crippen molar-refractivity contribution in [3.05, 3.63) is 48.3 Å². The van der Waals surface area contributed by atoms with Crippen LogP contribution in [0.5, 0.6) is 5.75 Å². The highest BCUT2D eigenvalue weighted by Crippen LogP contribution is 2.64. The number of hydrogen-bond acceptors (Lipinski definition) is 6. The Labute approximate surface area is 141 Å². The Bertz CT molecular complexity index is 744. The van der Waals surface area contributed by atoms with Crippen LogP contribution in [0.2, 0.25) is 0 Å². The summed E-state index contributed by atoms with van der Waals surface area (Å²) in [5, 5.41) is 12.4. The maximum Gasteiger partial charge on any atom is 0.152 e. The smallest absolute Gasteiger partial charge is 0.152 e. The zero-order chi connectivity index (χ0) is 17.3. The summed E-state index contributed by atoms with van der Waals surface area (Å²) in [4.78, 5) is 0. The van der Waals surface area contributed by atoms with Crippen LogP contribution in [0.4, 0.5) is 21.5 Å². The summed E-state index contributed by atoms with van der Waals surface area (Å²) in [5.41, 5.74) is 1.17. The van der Waals surface area contributed by atoms with E-state index in [0.717, 1.165) is 12.6 Å². The van der Waals surface area contributed by atoms with Gasteiger partial charge in [0, 0.05) is 12.6 Å². The molecule has 1 aliphatic heterocycles. The van der Waals surface area contributed by atoms with Gasteiger partial charge in [0.1, 0.15) is 11.4 Å². The number of benzene rings is 2. The molecular formula is C16H20FN3O3S. The number of rotatable bonds is 5. The Kier molecular flexibility index (Phi) is 4.55. The van der Waals surface area contributed by atoms with Crippen LogP contribution in [0.25, 0.3) is 0 Å². The maximum atomic E-state index is 14.3. The van der Waals surface area contributed by atoms with Gasteiger partial charge in [-0.15, -0.1) is 0 Å². The van der Waals surface area contributed by atoms with Crippen LogP contribution in [-0.2, 0) is 0 Å². The summed E-state index contributed by atoms with van der Waals surface area (Å²) in [7, 11) is -1.61. The number of phenols is 1. The lowest BCUT2D eigenvalue weighted by molar-refractivity contribution is 0.467. The van der Waals surface area contributed by atoms with E-state index in [4.69, 9.17) is 0 Å². The van der Waals surface area contributed by atoms with Crippen LogP contribution in [-0.4, -0.2) is 34.3 Å². The van der Waals surface area contributed by atoms with Gasteiger partial charge in [0.2, 0.25) is 0 Å². The van der Waals surface area contributed by atoms with E-state index < -0.39 is 16.8 Å². The van der Waals surface area contributed by atoms with Crippen LogP contribution < -0.4 is 13.9 Å². The van der Waals surface area contributed by atoms with Gasteiger partial charge in [0.05, 0.1) is 11.4 Å². The summed E-state index contributed by atoms with van der Waals surface area (Å²) < 4.78 is 38.7. The molecule has 0 bridgehead atoms. The van der Waals surface area contributed by atoms with Gasteiger partial charge >= 0.3 is 0 Å². The predicted molar refractivity (Wildman–Crippen MR) is 95.4 cm³/mol. The first-order chi connectivity index (χ1) is 11.5. The molecule has 0 saturated heterocycles. The average Bonchev–Trinajstić information content (AvgIpc) is 2.76. The Balaban J connectivity index is 2.06. The summed E-state index contributed by atoms with van der Waals surface area (Å²) >= 11 is 0. The van der Waals surface area contributed by atoms with Gasteiger partial charge in [-0.25, -0.2) is 8.70 Å². The van der Waals surface area contributed by atoms with Crippen molar-refractivity contribution >= 4 is 28.0 Å². The van der Waals surface area contributed by atoms with E-state index in [1.807, 2.05) is 7.05 Å². The minimum atomic E-state index is -3.44. The predicted octanol–water partition coefficient (Wildman–Crippen LogP) is 3.68. The van der Waals surface area contributed by atoms with E-state index in [1.165, 1.54) is 20.7 Å². The second-order valence-electron chi connectivity index (χ2n) is 5.47. The van der Waals surface area contributed by atoms with Crippen molar-refractivity contribution in [3.8, 4) is 5.75 Å². The van der Waals surface area contributed by atoms with Gasteiger partial charge in [0.15, 0.2) is 5.82 Å². The molecule has 0 amide bonds. The number of para-hydroxylation sites is 2. The molecule has 0 aromatic heterocycles. The standard InChI is InChI=1S/C16H20FN3O3S/c1-18-9-4-10-19-15-5-2-3-6-16(15)20(24(19,22)23)14-8-7-12(21)11-13(14)17/h2-3,5-8,11,18,21-23H,4,9-10H2,1H3. The first-order valence-electron chi connectivity index (χ1n) is 7.55. The molecule has 130 valence electrons. The summed E-state index contributed by atoms with van der Waals surface area (Å²) in [6.45, 7) is 1.14. The SMILES string of the molecule is CNCCCN1c2ccccc2N(c2ccc(O)cc2F)S1(O)O. The molecule has 0 spiro atoms. The molecule has 0 fully saturated rings. The molecule has 3 rings (SSSR count). The van der Waals surface area contributed by atoms with Crippen LogP contribution in [0.15, 0.2) is 42.5 Å². The van der Waals surface area contributed by atoms with Crippen molar-refractivity contribution in [2.24, 2.45) is 0 Å². The van der Waals surface area contributed by atoms with Gasteiger partial charge in [-0.2, -0.15) is 0 Å². The zero-order valence-electron chi connectivity index (χ0n) is 13.2. The van der Waals surface area contributed by atoms with Crippen molar-refractivity contribution in [1.82, 2.24) is 5.32 Å². The normalized spacial score (nSPS) is 17.0. The number of nitrogens with one attached hydrogen (secondary N) is 1. The van der Waals surface area contributed by atoms with Crippen LogP contribution in [0.1, 0.15) is 6.42 Å². The summed E-state index contributed by atoms with van der Waals surface area (Å²) in [5.74, 6) is -0.937. The lowest BCUT2D eigenvalue weighted by Gasteiger charge is -2.43. The fourth-order valence-corrected chi connectivity index (χ4v) is 4.59. The molecule has 1 aliphatic rings. The number of nitrogens with zero attached hydrogens (tertiary/aromatic N) is 2. The third-order valence-electron chi connectivity index (χ3n) is 3.85. The van der Waals surface area contributed by atoms with E-state index in [0.29, 0.717) is 24.3 Å². The number of fused-ring (bicyclic) bond motifs is 1. The highest BCUT2D eigenvalue weighted by Gasteiger charge is 2.42. The van der Waals surface area contributed by atoms with Crippen molar-refractivity contribution in [2.75, 3.05) is 28.7 Å². The molecule has 24 heavy (non-hydrogen) atoms. The Morgan fingerprint density at radius 2 is 1.79 bits per heavy atom. The van der Waals surface area contributed by atoms with Crippen molar-refractivity contribution < 1.29 is 18.6 Å². The van der Waals surface area contributed by atoms with Crippen molar-refractivity contribution in [1.29, 1.82) is 0 Å². The number of anilines is 3. The second kappa shape index (κ2) is 6.48. The molecule has 2 aromatic rings. The van der Waals surface area contributed by atoms with E-state index >= 15 is 0 Å². The third-order valence-corrected chi connectivity index (χ3v) is 5.70. The minimum absolute atomic E-state index is 0.0105. The number of hydrogen-bond donors (Lipinski definition) is 4. The lowest BCUT2D eigenvalue weighted by atomic mass is 10.2. The highest BCUT2D eigenvalue weighted by atomic mass is 32.3. The average molecular weight is 353 g/mol. The molecule has 0 saturated carbocycles. The number of phenolic OH excluding ortho intramolecular Hbond substituents is 1. The summed E-state index contributed by atoms with van der Waals surface area (Å²) in [6.07, 6.45) is 0.701. The van der Waals surface area contributed by atoms with E-state index in [9.17, 15) is 18.6 Å². The topological polar surface area (TPSA) is 79.2 Å². The maximum absolute atomic E-state index is 14.3. The lowest BCUT2D eigenvalue weighted by Crippen LogP contribution is -2.33. The largest absolute Gasteiger partial charge is 0.508 e. The fraction of sp³-hybridized carbons (Fsp3) is 0.250. The van der Waals surface area contributed by atoms with Crippen LogP contribution in [0, 0.1) is 5.82 Å². The quantitative estimate of drug-likeness (QED) is 0.614. The molecule has 8 heteroatoms. The summed E-state index contributed by atoms with van der Waals surface area (Å²) in [6, 6.07) is 10.7. The Morgan fingerprint density at radius 1 is 1.08 bits per heavy atom. The highest BCUT2D eigenvalue weighted by molar-refractivity contribution is 8.27. The van der Waals surface area contributed by atoms with Gasteiger partial charge < -0.3 is 10.4 Å². The minimum Gasteiger partial charge on any atom is -0.508 e. The van der Waals surface area contributed by atoms with Crippen LogP contribution >= 0.6 is 11.0 Å². The first kappa shape index (κ1) is 16.8. The molecular weight excluding hydrogens is 333 g/mol. The fourth-order valence-electron chi connectivity index (χ4n) is 2.77. The Morgan fingerprint density at radius 3 is 2.46 bits per heavy atom. The molecule has 4 N–H and O–H groups in total. The van der Waals surface area contributed by atoms with Gasteiger partial charge in [0.25, 0.3) is 0 Å². The van der Waals surface area contributed by atoms with Crippen molar-refractivity contribution in [2.45, 2.75) is 6.42 Å². The zero-order valence-corrected chi connectivity index (χ0v) is 14.0. The number of aromatic hydroxyl groups is 1. The molecule has 6 nitrogen and oxygen atoms in total. The molecule has 0 unspecified atom stereocenters. The molecule has 1 heterocycles. The second-order valence-corrected chi connectivity index (χ2v) is 7.25. The van der Waals surface area contributed by atoms with Gasteiger partial charge in [-0.05, 0) is 55.2 Å². The Hall–Kier alpha value is -2.00. The molecule has 0 aliphatic carbocycles. The van der Waals surface area contributed by atoms with Crippen molar-refractivity contribution in [3.63, 3.8) is 0 Å². The number of halogens is 1. The molecule has 0 radical (unpaired) electrons. The van der Waals surface area contributed by atoms with Crippen LogP contribution in [0.3, 0.4) is 0 Å². The van der Waals surface area contributed by atoms with E-state index in [1.54, 1.807) is 24.3 Å². The van der Waals surface area contributed by atoms with E-state index in [2.05, 4.69) is 5.32 Å². The first-order valence-corrected chi connectivity index (χ1v) is 9.01. The third kappa shape index (κ3) is 2.78. The van der Waals surface area contributed by atoms with E-state index in [-0.39, 0.29) is 11.4 Å². The monoisotopic (exact) mass is 353 g/mol.